The number of ketones is 1. The van der Waals surface area contributed by atoms with Gasteiger partial charge in [0.15, 0.2) is 11.6 Å². The maximum atomic E-state index is 13.0. The molecule has 3 rings (SSSR count). The number of hydrogen-bond donors (Lipinski definition) is 2. The summed E-state index contributed by atoms with van der Waals surface area (Å²) >= 11 is 0. The fraction of sp³-hybridized carbons (Fsp3) is 0.391. The summed E-state index contributed by atoms with van der Waals surface area (Å²) in [6.45, 7) is 2.56. The zero-order chi connectivity index (χ0) is 25.6. The number of nitriles is 1. The Balaban J connectivity index is 1.67. The van der Waals surface area contributed by atoms with Gasteiger partial charge in [-0.25, -0.2) is 9.11 Å². The minimum atomic E-state index is -4.19. The molecule has 0 bridgehead atoms. The van der Waals surface area contributed by atoms with Gasteiger partial charge in [0.2, 0.25) is 11.8 Å². The molecule has 0 atom stereocenters. The van der Waals surface area contributed by atoms with Crippen molar-refractivity contribution in [3.05, 3.63) is 47.3 Å². The molecule has 1 aromatic heterocycles. The molecule has 2 aromatic rings. The van der Waals surface area contributed by atoms with E-state index in [4.69, 9.17) is 4.74 Å². The highest BCUT2D eigenvalue weighted by atomic mass is 32.2. The molecule has 1 fully saturated rings. The van der Waals surface area contributed by atoms with Gasteiger partial charge >= 0.3 is 10.2 Å². The second-order valence-electron chi connectivity index (χ2n) is 8.04. The number of ether oxygens (including phenoxy) is 1. The molecule has 186 valence electrons. The number of hydrogen-bond acceptors (Lipinski definition) is 8. The van der Waals surface area contributed by atoms with Crippen LogP contribution in [0, 0.1) is 23.1 Å². The van der Waals surface area contributed by atoms with Crippen molar-refractivity contribution in [3.8, 4) is 11.9 Å². The lowest BCUT2D eigenvalue weighted by molar-refractivity contribution is -0.123. The summed E-state index contributed by atoms with van der Waals surface area (Å²) in [5.74, 6) is -1.43. The fourth-order valence-electron chi connectivity index (χ4n) is 3.80. The van der Waals surface area contributed by atoms with Gasteiger partial charge in [0, 0.05) is 25.4 Å². The summed E-state index contributed by atoms with van der Waals surface area (Å²) in [5.41, 5.74) is 0.591. The quantitative estimate of drug-likeness (QED) is 0.498. The summed E-state index contributed by atoms with van der Waals surface area (Å²) in [7, 11) is -2.79. The molecular formula is C23H26FN5O5S. The topological polar surface area (TPSA) is 141 Å². The monoisotopic (exact) mass is 503 g/mol. The molecule has 1 amide bonds. The number of nitrogens with zero attached hydrogens (tertiary/aromatic N) is 3. The van der Waals surface area contributed by atoms with Gasteiger partial charge in [0.25, 0.3) is 0 Å². The summed E-state index contributed by atoms with van der Waals surface area (Å²) in [6, 6.07) is 8.23. The first-order chi connectivity index (χ1) is 16.7. The predicted octanol–water partition coefficient (Wildman–Crippen LogP) is 2.77. The Kier molecular flexibility index (Phi) is 8.24. The Bertz CT molecular complexity index is 1240. The molecule has 0 aliphatic carbocycles. The molecule has 1 aromatic carbocycles. The number of pyridine rings is 1. The van der Waals surface area contributed by atoms with Crippen LogP contribution < -0.4 is 19.1 Å². The number of nitrogens with one attached hydrogen (secondary N) is 2. The van der Waals surface area contributed by atoms with Crippen molar-refractivity contribution in [1.29, 1.82) is 5.26 Å². The Morgan fingerprint density at radius 2 is 1.91 bits per heavy atom. The van der Waals surface area contributed by atoms with E-state index in [1.165, 1.54) is 25.3 Å². The first kappa shape index (κ1) is 25.9. The zero-order valence-electron chi connectivity index (χ0n) is 19.4. The van der Waals surface area contributed by atoms with Gasteiger partial charge < -0.3 is 9.64 Å². The van der Waals surface area contributed by atoms with Crippen LogP contribution >= 0.6 is 0 Å². The van der Waals surface area contributed by atoms with E-state index in [-0.39, 0.29) is 28.5 Å². The van der Waals surface area contributed by atoms with Crippen LogP contribution in [-0.2, 0) is 15.0 Å². The van der Waals surface area contributed by atoms with Crippen molar-refractivity contribution < 1.29 is 27.1 Å². The van der Waals surface area contributed by atoms with Crippen LogP contribution in [-0.4, -0.2) is 45.3 Å². The van der Waals surface area contributed by atoms with E-state index in [1.807, 2.05) is 16.5 Å². The molecule has 10 nitrogen and oxygen atoms in total. The lowest BCUT2D eigenvalue weighted by atomic mass is 9.96. The van der Waals surface area contributed by atoms with Gasteiger partial charge in [0.05, 0.1) is 23.9 Å². The van der Waals surface area contributed by atoms with E-state index in [1.54, 1.807) is 0 Å². The highest BCUT2D eigenvalue weighted by Crippen LogP contribution is 2.30. The third kappa shape index (κ3) is 6.45. The molecule has 2 heterocycles. The van der Waals surface area contributed by atoms with Crippen molar-refractivity contribution >= 4 is 33.4 Å². The van der Waals surface area contributed by atoms with Crippen LogP contribution in [0.3, 0.4) is 0 Å². The van der Waals surface area contributed by atoms with E-state index >= 15 is 0 Å². The number of aromatic nitrogens is 1. The molecule has 0 unspecified atom stereocenters. The van der Waals surface area contributed by atoms with Crippen LogP contribution in [0.1, 0.15) is 48.5 Å². The zero-order valence-corrected chi connectivity index (χ0v) is 20.2. The Hall–Kier alpha value is -3.72. The predicted molar refractivity (Wildman–Crippen MR) is 127 cm³/mol. The van der Waals surface area contributed by atoms with E-state index < -0.39 is 27.9 Å². The van der Waals surface area contributed by atoms with Crippen molar-refractivity contribution in [3.63, 3.8) is 0 Å². The van der Waals surface area contributed by atoms with Gasteiger partial charge in [-0.1, -0.05) is 6.92 Å². The number of Topliss-reactive ketones (excluding diaryl/α,β-unsaturated/α-hetero) is 1. The number of halogens is 1. The van der Waals surface area contributed by atoms with Gasteiger partial charge in [-0.05, 0) is 49.6 Å². The summed E-state index contributed by atoms with van der Waals surface area (Å²) in [5, 5.41) is 9.63. The molecule has 35 heavy (non-hydrogen) atoms. The number of rotatable bonds is 9. The number of anilines is 2. The molecule has 1 aliphatic rings. The van der Waals surface area contributed by atoms with Crippen LogP contribution in [0.2, 0.25) is 0 Å². The summed E-state index contributed by atoms with van der Waals surface area (Å²) in [4.78, 5) is 31.2. The number of carbonyl (C=O) groups excluding carboxylic acids is 2. The average Bonchev–Trinajstić information content (AvgIpc) is 2.84. The second-order valence-corrected chi connectivity index (χ2v) is 9.46. The number of carbonyl (C=O) groups is 2. The minimum absolute atomic E-state index is 0.117. The Labute approximate surface area is 203 Å². The first-order valence-electron chi connectivity index (χ1n) is 11.0. The Morgan fingerprint density at radius 1 is 1.26 bits per heavy atom. The lowest BCUT2D eigenvalue weighted by Gasteiger charge is -2.32. The van der Waals surface area contributed by atoms with E-state index in [0.717, 1.165) is 12.1 Å². The van der Waals surface area contributed by atoms with E-state index in [2.05, 4.69) is 15.8 Å². The summed E-state index contributed by atoms with van der Waals surface area (Å²) < 4.78 is 47.0. The summed E-state index contributed by atoms with van der Waals surface area (Å²) in [6.07, 6.45) is 1.60. The third-order valence-corrected chi connectivity index (χ3v) is 6.53. The molecule has 1 saturated heterocycles. The first-order valence-corrected chi connectivity index (χ1v) is 12.5. The van der Waals surface area contributed by atoms with Gasteiger partial charge in [-0.15, -0.1) is 0 Å². The molecule has 12 heteroatoms. The van der Waals surface area contributed by atoms with Gasteiger partial charge in [-0.2, -0.15) is 18.7 Å². The van der Waals surface area contributed by atoms with Crippen LogP contribution in [0.25, 0.3) is 0 Å². The molecule has 0 spiro atoms. The van der Waals surface area contributed by atoms with E-state index in [0.29, 0.717) is 44.6 Å². The molecule has 0 radical (unpaired) electrons. The molecule has 2 N–H and O–H groups in total. The number of piperidine rings is 1. The van der Waals surface area contributed by atoms with Crippen molar-refractivity contribution in [2.75, 3.05) is 29.8 Å². The van der Waals surface area contributed by atoms with Crippen LogP contribution in [0.15, 0.2) is 30.3 Å². The molecular weight excluding hydrogens is 477 g/mol. The maximum Gasteiger partial charge on any atom is 0.323 e. The minimum Gasteiger partial charge on any atom is -0.480 e. The third-order valence-electron chi connectivity index (χ3n) is 5.56. The standard InChI is InChI=1S/C23H26FN5O5S/c1-3-4-20(30)19-13-16(14-25)21(26-23(19)34-2)29-11-9-15(10-12-29)22(31)28-35(32,33)27-18-7-5-17(24)6-8-18/h5-8,13,15,27H,3-4,9-12H2,1-2H3,(H,28,31). The second kappa shape index (κ2) is 11.1. The highest BCUT2D eigenvalue weighted by Gasteiger charge is 2.30. The number of benzene rings is 1. The molecule has 1 aliphatic heterocycles. The van der Waals surface area contributed by atoms with Crippen molar-refractivity contribution in [2.24, 2.45) is 5.92 Å². The fourth-order valence-corrected chi connectivity index (χ4v) is 4.72. The average molecular weight is 504 g/mol. The molecule has 0 saturated carbocycles. The van der Waals surface area contributed by atoms with Crippen LogP contribution in [0.4, 0.5) is 15.9 Å². The largest absolute Gasteiger partial charge is 0.480 e. The van der Waals surface area contributed by atoms with Crippen LogP contribution in [0.5, 0.6) is 5.88 Å². The smallest absolute Gasteiger partial charge is 0.323 e. The Morgan fingerprint density at radius 3 is 2.49 bits per heavy atom. The van der Waals surface area contributed by atoms with Crippen molar-refractivity contribution in [2.45, 2.75) is 32.6 Å². The van der Waals surface area contributed by atoms with Gasteiger partial charge in [0.1, 0.15) is 11.9 Å². The SMILES string of the molecule is CCCC(=O)c1cc(C#N)c(N2CCC(C(=O)NS(=O)(=O)Nc3ccc(F)cc3)CC2)nc1OC. The van der Waals surface area contributed by atoms with Crippen molar-refractivity contribution in [1.82, 2.24) is 9.71 Å². The van der Waals surface area contributed by atoms with Gasteiger partial charge in [-0.3, -0.25) is 14.3 Å². The maximum absolute atomic E-state index is 13.0. The number of methoxy groups -OCH3 is 1. The lowest BCUT2D eigenvalue weighted by Crippen LogP contribution is -2.44. The highest BCUT2D eigenvalue weighted by molar-refractivity contribution is 7.91. The normalized spacial score (nSPS) is 14.2. The van der Waals surface area contributed by atoms with E-state index in [9.17, 15) is 27.7 Å². The number of amides is 1.